The topological polar surface area (TPSA) is 6.48 Å². The maximum Gasteiger partial charge on any atom is 1.00 e. The molecule has 0 amide bonds. The minimum absolute atomic E-state index is 0. The summed E-state index contributed by atoms with van der Waals surface area (Å²) in [5.74, 6) is 0. The summed E-state index contributed by atoms with van der Waals surface area (Å²) >= 11 is -11.2. The predicted octanol–water partition coefficient (Wildman–Crippen LogP) is 3.72. The molecule has 1 rings (SSSR count). The number of nitrogens with zero attached hydrogens (tertiary/aromatic N) is 2. The third kappa shape index (κ3) is 18.3. The summed E-state index contributed by atoms with van der Waals surface area (Å²) in [5.41, 5.74) is 0. The van der Waals surface area contributed by atoms with Crippen LogP contribution in [-0.2, 0) is 0 Å². The Labute approximate surface area is 100 Å². The van der Waals surface area contributed by atoms with E-state index in [9.17, 15) is 16.9 Å². The first-order valence-corrected chi connectivity index (χ1v) is 10.8. The van der Waals surface area contributed by atoms with Crippen molar-refractivity contribution in [1.82, 2.24) is 9.80 Å². The van der Waals surface area contributed by atoms with E-state index < -0.39 is 19.5 Å². The molecular weight excluding hydrogens is 360 g/mol. The van der Waals surface area contributed by atoms with Gasteiger partial charge in [0.25, 0.3) is 0 Å². The fourth-order valence-corrected chi connectivity index (χ4v) is 1.10. The maximum atomic E-state index is 9.93. The first kappa shape index (κ1) is 16.7. The summed E-state index contributed by atoms with van der Waals surface area (Å²) < 4.78 is 59.6. The smallest absolute Gasteiger partial charge is 1.00 e. The van der Waals surface area contributed by atoms with Gasteiger partial charge in [-0.1, -0.05) is 13.3 Å². The van der Waals surface area contributed by atoms with E-state index >= 15 is 0 Å². The molecule has 0 aliphatic carbocycles. The first-order valence-electron chi connectivity index (χ1n) is 4.97. The molecule has 0 aromatic carbocycles. The van der Waals surface area contributed by atoms with Gasteiger partial charge in [0.05, 0.1) is 6.67 Å². The zero-order valence-electron chi connectivity index (χ0n) is 10.6. The Morgan fingerprint density at radius 3 is 1.88 bits per heavy atom. The van der Waals surface area contributed by atoms with E-state index in [1.165, 1.54) is 19.4 Å². The van der Waals surface area contributed by atoms with E-state index in [4.69, 9.17) is 0 Å². The van der Waals surface area contributed by atoms with Crippen molar-refractivity contribution in [3.8, 4) is 0 Å². The summed E-state index contributed by atoms with van der Waals surface area (Å²) in [6.07, 6.45) is 6.87. The van der Waals surface area contributed by atoms with Crippen LogP contribution in [0.2, 0.25) is 0 Å². The van der Waals surface area contributed by atoms with Gasteiger partial charge in [0.15, 0.2) is 0 Å². The Balaban J connectivity index is 0. The number of hydrogen-bond donors (Lipinski definition) is 0. The van der Waals surface area contributed by atoms with Crippen molar-refractivity contribution in [2.24, 2.45) is 0 Å². The Kier molecular flexibility index (Phi) is 4.71. The zero-order valence-corrected chi connectivity index (χ0v) is 12.1. The summed E-state index contributed by atoms with van der Waals surface area (Å²) in [4.78, 5) is 4.53. The summed E-state index contributed by atoms with van der Waals surface area (Å²) in [6.45, 7) is 4.50. The SMILES string of the molecule is CCCCN1C=CN(C)C1.[F][Sb-]([F])([F])([F])([F])[F].[H+]. The molecule has 106 valence electrons. The van der Waals surface area contributed by atoms with Crippen LogP contribution < -0.4 is 0 Å². The van der Waals surface area contributed by atoms with Crippen LogP contribution in [0.3, 0.4) is 0 Å². The summed E-state index contributed by atoms with van der Waals surface area (Å²) in [7, 11) is 2.10. The average molecular weight is 377 g/mol. The second-order valence-electron chi connectivity index (χ2n) is 3.82. The molecular formula is C8H17F6N2Sb. The van der Waals surface area contributed by atoms with Gasteiger partial charge in [-0.05, 0) is 6.42 Å². The molecule has 1 aliphatic heterocycles. The van der Waals surface area contributed by atoms with Crippen molar-refractivity contribution in [3.63, 3.8) is 0 Å². The molecule has 0 aromatic rings. The Hall–Kier alpha value is -0.262. The molecule has 17 heavy (non-hydrogen) atoms. The molecule has 0 atom stereocenters. The van der Waals surface area contributed by atoms with Gasteiger partial charge in [0, 0.05) is 26.0 Å². The van der Waals surface area contributed by atoms with Crippen LogP contribution in [0.4, 0.5) is 16.9 Å². The molecule has 0 saturated carbocycles. The van der Waals surface area contributed by atoms with Crippen LogP contribution in [0.5, 0.6) is 0 Å². The van der Waals surface area contributed by atoms with Gasteiger partial charge in [-0.25, -0.2) is 0 Å². The molecule has 0 N–H and O–H groups in total. The van der Waals surface area contributed by atoms with Crippen molar-refractivity contribution in [2.45, 2.75) is 19.8 Å². The van der Waals surface area contributed by atoms with Crippen LogP contribution in [-0.4, -0.2) is 49.5 Å². The Morgan fingerprint density at radius 1 is 1.12 bits per heavy atom. The largest absolute Gasteiger partial charge is 1.00 e. The molecule has 0 fully saturated rings. The van der Waals surface area contributed by atoms with Gasteiger partial charge in [0.1, 0.15) is 0 Å². The molecule has 9 heteroatoms. The van der Waals surface area contributed by atoms with Gasteiger partial charge < -0.3 is 9.80 Å². The zero-order chi connectivity index (χ0) is 13.8. The standard InChI is InChI=1S/C8H16N2.6FH.Sb/c1-3-4-5-10-7-6-9(2)8-10;;;;;;;/h6-7H,3-5,8H2,1-2H3;6*1H;/q;;;;;;;+5/p-5. The van der Waals surface area contributed by atoms with Crippen molar-refractivity contribution < 1.29 is 18.3 Å². The molecule has 1 heterocycles. The molecule has 1 aliphatic rings. The normalized spacial score (nSPS) is 19.5. The Bertz CT molecular complexity index is 265. The predicted molar refractivity (Wildman–Crippen MR) is 56.9 cm³/mol. The average Bonchev–Trinajstić information content (AvgIpc) is 2.42. The van der Waals surface area contributed by atoms with E-state index in [-0.39, 0.29) is 1.43 Å². The number of rotatable bonds is 3. The van der Waals surface area contributed by atoms with Crippen LogP contribution in [0.1, 0.15) is 21.2 Å². The number of halogens is 6. The van der Waals surface area contributed by atoms with Gasteiger partial charge in [-0.2, -0.15) is 0 Å². The number of hydrogen-bond acceptors (Lipinski definition) is 2. The van der Waals surface area contributed by atoms with Gasteiger partial charge in [0.2, 0.25) is 0 Å². The van der Waals surface area contributed by atoms with E-state index in [0.717, 1.165) is 6.67 Å². The third-order valence-corrected chi connectivity index (χ3v) is 1.74. The Morgan fingerprint density at radius 2 is 1.59 bits per heavy atom. The van der Waals surface area contributed by atoms with Gasteiger partial charge in [-0.15, -0.1) is 0 Å². The van der Waals surface area contributed by atoms with Crippen molar-refractivity contribution in [2.75, 3.05) is 20.3 Å². The number of unbranched alkanes of at least 4 members (excludes halogenated alkanes) is 1. The van der Waals surface area contributed by atoms with E-state index in [1.54, 1.807) is 0 Å². The second kappa shape index (κ2) is 4.78. The van der Waals surface area contributed by atoms with E-state index in [0.29, 0.717) is 0 Å². The quantitative estimate of drug-likeness (QED) is 0.547. The molecule has 0 unspecified atom stereocenters. The molecule has 0 saturated heterocycles. The van der Waals surface area contributed by atoms with E-state index in [1.807, 2.05) is 0 Å². The molecule has 0 radical (unpaired) electrons. The molecule has 2 nitrogen and oxygen atoms in total. The molecule has 0 bridgehead atoms. The monoisotopic (exact) mass is 376 g/mol. The summed E-state index contributed by atoms with van der Waals surface area (Å²) in [6, 6.07) is 0. The van der Waals surface area contributed by atoms with Gasteiger partial charge in [-0.3, -0.25) is 0 Å². The second-order valence-corrected chi connectivity index (χ2v) is 9.29. The van der Waals surface area contributed by atoms with Crippen LogP contribution in [0, 0.1) is 0 Å². The fourth-order valence-electron chi connectivity index (χ4n) is 1.10. The van der Waals surface area contributed by atoms with E-state index in [2.05, 4.69) is 36.2 Å². The minimum atomic E-state index is -11.2. The molecule has 0 aromatic heterocycles. The minimum Gasteiger partial charge on any atom is 1.00 e. The van der Waals surface area contributed by atoms with Crippen molar-refractivity contribution in [3.05, 3.63) is 12.4 Å². The van der Waals surface area contributed by atoms with Crippen molar-refractivity contribution >= 4 is 19.5 Å². The fraction of sp³-hybridized carbons (Fsp3) is 0.750. The third-order valence-electron chi connectivity index (χ3n) is 1.74. The maximum absolute atomic E-state index is 11.2. The van der Waals surface area contributed by atoms with Crippen molar-refractivity contribution in [1.29, 1.82) is 0 Å². The van der Waals surface area contributed by atoms with Crippen LogP contribution in [0.15, 0.2) is 12.4 Å². The van der Waals surface area contributed by atoms with Crippen LogP contribution >= 0.6 is 0 Å². The van der Waals surface area contributed by atoms with Crippen LogP contribution in [0.25, 0.3) is 0 Å². The first-order chi connectivity index (χ1) is 7.28. The summed E-state index contributed by atoms with van der Waals surface area (Å²) in [5, 5.41) is 0. The molecule has 0 spiro atoms. The van der Waals surface area contributed by atoms with Gasteiger partial charge >= 0.3 is 37.8 Å².